The van der Waals surface area contributed by atoms with Crippen molar-refractivity contribution < 1.29 is 9.84 Å². The Morgan fingerprint density at radius 2 is 2.15 bits per heavy atom. The quantitative estimate of drug-likeness (QED) is 0.713. The van der Waals surface area contributed by atoms with Crippen LogP contribution in [0.15, 0.2) is 0 Å². The Hall–Kier alpha value is -0.160. The van der Waals surface area contributed by atoms with Gasteiger partial charge in [0.2, 0.25) is 0 Å². The highest BCUT2D eigenvalue weighted by molar-refractivity contribution is 5.01. The molecular formula is C16H32N2O2. The van der Waals surface area contributed by atoms with E-state index in [2.05, 4.69) is 24.1 Å². The lowest BCUT2D eigenvalue weighted by atomic mass is 9.78. The van der Waals surface area contributed by atoms with Crippen molar-refractivity contribution in [3.63, 3.8) is 0 Å². The number of hydrogen-bond acceptors (Lipinski definition) is 4. The third kappa shape index (κ3) is 3.94. The minimum Gasteiger partial charge on any atom is -0.394 e. The van der Waals surface area contributed by atoms with Crippen LogP contribution >= 0.6 is 0 Å². The van der Waals surface area contributed by atoms with E-state index in [-0.39, 0.29) is 12.1 Å². The van der Waals surface area contributed by atoms with E-state index < -0.39 is 0 Å². The molecule has 0 aromatic heterocycles. The molecule has 2 fully saturated rings. The van der Waals surface area contributed by atoms with Crippen LogP contribution in [0.5, 0.6) is 0 Å². The summed E-state index contributed by atoms with van der Waals surface area (Å²) >= 11 is 0. The maximum absolute atomic E-state index is 9.93. The second kappa shape index (κ2) is 7.21. The standard InChI is InChI=1S/C16H32N2O2/c1-4-18(13(2)11-20-3)15-6-5-9-16(10-15,12-19)17-14-7-8-14/h13-15,17,19H,4-12H2,1-3H3. The van der Waals surface area contributed by atoms with Gasteiger partial charge in [-0.1, -0.05) is 6.92 Å². The molecule has 2 rings (SSSR count). The topological polar surface area (TPSA) is 44.7 Å². The van der Waals surface area contributed by atoms with Gasteiger partial charge < -0.3 is 15.2 Å². The molecular weight excluding hydrogens is 252 g/mol. The molecule has 0 spiro atoms. The summed E-state index contributed by atoms with van der Waals surface area (Å²) in [5.41, 5.74) is -0.0374. The number of methoxy groups -OCH3 is 1. The molecule has 0 heterocycles. The molecule has 2 aliphatic rings. The van der Waals surface area contributed by atoms with E-state index in [1.165, 1.54) is 25.7 Å². The molecule has 2 N–H and O–H groups in total. The summed E-state index contributed by atoms with van der Waals surface area (Å²) in [5, 5.41) is 13.7. The van der Waals surface area contributed by atoms with Crippen LogP contribution in [0, 0.1) is 0 Å². The summed E-state index contributed by atoms with van der Waals surface area (Å²) in [6, 6.07) is 1.68. The van der Waals surface area contributed by atoms with Gasteiger partial charge in [-0.15, -0.1) is 0 Å². The third-order valence-corrected chi connectivity index (χ3v) is 5.02. The first kappa shape index (κ1) is 16.2. The second-order valence-electron chi connectivity index (χ2n) is 6.74. The van der Waals surface area contributed by atoms with E-state index >= 15 is 0 Å². The molecule has 20 heavy (non-hydrogen) atoms. The Morgan fingerprint density at radius 1 is 1.40 bits per heavy atom. The summed E-state index contributed by atoms with van der Waals surface area (Å²) in [5.74, 6) is 0. The number of ether oxygens (including phenoxy) is 1. The van der Waals surface area contributed by atoms with Gasteiger partial charge in [0.1, 0.15) is 0 Å². The highest BCUT2D eigenvalue weighted by atomic mass is 16.5. The minimum absolute atomic E-state index is 0.0374. The van der Waals surface area contributed by atoms with E-state index in [0.717, 1.165) is 26.0 Å². The van der Waals surface area contributed by atoms with E-state index in [0.29, 0.717) is 18.1 Å². The van der Waals surface area contributed by atoms with Crippen LogP contribution in [-0.2, 0) is 4.74 Å². The number of nitrogens with one attached hydrogen (secondary N) is 1. The zero-order valence-electron chi connectivity index (χ0n) is 13.4. The summed E-state index contributed by atoms with van der Waals surface area (Å²) in [6.07, 6.45) is 7.21. The molecule has 118 valence electrons. The number of nitrogens with zero attached hydrogens (tertiary/aromatic N) is 1. The van der Waals surface area contributed by atoms with Crippen LogP contribution in [-0.4, -0.2) is 60.5 Å². The lowest BCUT2D eigenvalue weighted by Crippen LogP contribution is -2.57. The lowest BCUT2D eigenvalue weighted by molar-refractivity contribution is 0.0212. The number of hydrogen-bond donors (Lipinski definition) is 2. The van der Waals surface area contributed by atoms with Crippen LogP contribution in [0.2, 0.25) is 0 Å². The monoisotopic (exact) mass is 284 g/mol. The van der Waals surface area contributed by atoms with Gasteiger partial charge in [-0.3, -0.25) is 4.90 Å². The van der Waals surface area contributed by atoms with Gasteiger partial charge in [0.05, 0.1) is 13.2 Å². The van der Waals surface area contributed by atoms with E-state index in [9.17, 15) is 5.11 Å². The number of rotatable bonds is 8. The lowest BCUT2D eigenvalue weighted by Gasteiger charge is -2.46. The normalized spacial score (nSPS) is 32.5. The van der Waals surface area contributed by atoms with Crippen LogP contribution in [0.3, 0.4) is 0 Å². The SMILES string of the molecule is CCN(C(C)COC)C1CCCC(CO)(NC2CC2)C1. The zero-order chi connectivity index (χ0) is 14.6. The fraction of sp³-hybridized carbons (Fsp3) is 1.00. The van der Waals surface area contributed by atoms with E-state index in [4.69, 9.17) is 4.74 Å². The number of aliphatic hydroxyl groups excluding tert-OH is 1. The molecule has 0 aliphatic heterocycles. The molecule has 0 aromatic carbocycles. The van der Waals surface area contributed by atoms with Crippen molar-refractivity contribution in [1.82, 2.24) is 10.2 Å². The van der Waals surface area contributed by atoms with Crippen molar-refractivity contribution in [3.05, 3.63) is 0 Å². The molecule has 0 bridgehead atoms. The van der Waals surface area contributed by atoms with Crippen molar-refractivity contribution in [2.24, 2.45) is 0 Å². The van der Waals surface area contributed by atoms with Crippen LogP contribution in [0.4, 0.5) is 0 Å². The van der Waals surface area contributed by atoms with Crippen molar-refractivity contribution >= 4 is 0 Å². The summed E-state index contributed by atoms with van der Waals surface area (Å²) in [7, 11) is 1.78. The van der Waals surface area contributed by atoms with E-state index in [1.807, 2.05) is 0 Å². The smallest absolute Gasteiger partial charge is 0.0615 e. The van der Waals surface area contributed by atoms with Crippen molar-refractivity contribution in [1.29, 1.82) is 0 Å². The predicted octanol–water partition coefficient (Wildman–Crippen LogP) is 1.77. The summed E-state index contributed by atoms with van der Waals surface area (Å²) in [4.78, 5) is 2.56. The van der Waals surface area contributed by atoms with Crippen LogP contribution in [0.25, 0.3) is 0 Å². The molecule has 3 unspecified atom stereocenters. The maximum atomic E-state index is 9.93. The maximum Gasteiger partial charge on any atom is 0.0615 e. The Morgan fingerprint density at radius 3 is 2.70 bits per heavy atom. The van der Waals surface area contributed by atoms with E-state index in [1.54, 1.807) is 7.11 Å². The molecule has 3 atom stereocenters. The second-order valence-corrected chi connectivity index (χ2v) is 6.74. The van der Waals surface area contributed by atoms with Gasteiger partial charge in [0.15, 0.2) is 0 Å². The Labute approximate surface area is 123 Å². The highest BCUT2D eigenvalue weighted by Gasteiger charge is 2.41. The number of aliphatic hydroxyl groups is 1. The van der Waals surface area contributed by atoms with Crippen molar-refractivity contribution in [2.45, 2.75) is 76.0 Å². The largest absolute Gasteiger partial charge is 0.394 e. The molecule has 2 saturated carbocycles. The van der Waals surface area contributed by atoms with Crippen molar-refractivity contribution in [3.8, 4) is 0 Å². The average molecular weight is 284 g/mol. The highest BCUT2D eigenvalue weighted by Crippen LogP contribution is 2.35. The minimum atomic E-state index is -0.0374. The van der Waals surface area contributed by atoms with Gasteiger partial charge in [0.25, 0.3) is 0 Å². The molecule has 0 saturated heterocycles. The molecule has 4 heteroatoms. The Kier molecular flexibility index (Phi) is 5.84. The van der Waals surface area contributed by atoms with Crippen LogP contribution < -0.4 is 5.32 Å². The van der Waals surface area contributed by atoms with Gasteiger partial charge in [-0.25, -0.2) is 0 Å². The molecule has 2 aliphatic carbocycles. The first-order chi connectivity index (χ1) is 9.64. The first-order valence-electron chi connectivity index (χ1n) is 8.27. The van der Waals surface area contributed by atoms with Gasteiger partial charge in [-0.05, 0) is 52.0 Å². The van der Waals surface area contributed by atoms with Gasteiger partial charge in [-0.2, -0.15) is 0 Å². The predicted molar refractivity (Wildman–Crippen MR) is 81.9 cm³/mol. The molecule has 4 nitrogen and oxygen atoms in total. The number of likely N-dealkylation sites (N-methyl/N-ethyl adjacent to an activating group) is 1. The Balaban J connectivity index is 1.99. The fourth-order valence-electron chi connectivity index (χ4n) is 3.86. The summed E-state index contributed by atoms with van der Waals surface area (Å²) in [6.45, 7) is 6.59. The van der Waals surface area contributed by atoms with Gasteiger partial charge >= 0.3 is 0 Å². The third-order valence-electron chi connectivity index (χ3n) is 5.02. The average Bonchev–Trinajstić information content (AvgIpc) is 3.24. The zero-order valence-corrected chi connectivity index (χ0v) is 13.4. The summed E-state index contributed by atoms with van der Waals surface area (Å²) < 4.78 is 5.32. The Bertz CT molecular complexity index is 296. The molecule has 0 radical (unpaired) electrons. The molecule has 0 amide bonds. The first-order valence-corrected chi connectivity index (χ1v) is 8.27. The van der Waals surface area contributed by atoms with Gasteiger partial charge in [0, 0.05) is 30.8 Å². The molecule has 0 aromatic rings. The van der Waals surface area contributed by atoms with Crippen LogP contribution in [0.1, 0.15) is 52.4 Å². The fourth-order valence-corrected chi connectivity index (χ4v) is 3.86. The van der Waals surface area contributed by atoms with Crippen molar-refractivity contribution in [2.75, 3.05) is 26.9 Å².